The lowest BCUT2D eigenvalue weighted by molar-refractivity contribution is 0.0947. The van der Waals surface area contributed by atoms with Crippen molar-refractivity contribution in [2.45, 2.75) is 13.3 Å². The van der Waals surface area contributed by atoms with Crippen molar-refractivity contribution in [2.24, 2.45) is 13.0 Å². The summed E-state index contributed by atoms with van der Waals surface area (Å²) in [6, 6.07) is 5.74. The third-order valence-corrected chi connectivity index (χ3v) is 4.59. The van der Waals surface area contributed by atoms with Gasteiger partial charge in [-0.3, -0.25) is 9.59 Å². The fraction of sp³-hybridized carbons (Fsp3) is 0.389. The number of hydrogen-bond donors (Lipinski definition) is 1. The van der Waals surface area contributed by atoms with Crippen LogP contribution in [0.15, 0.2) is 35.3 Å². The first-order valence-corrected chi connectivity index (χ1v) is 8.26. The average molecular weight is 344 g/mol. The van der Waals surface area contributed by atoms with E-state index in [4.69, 9.17) is 0 Å². The minimum absolute atomic E-state index is 0.138. The summed E-state index contributed by atoms with van der Waals surface area (Å²) in [5.41, 5.74) is 1.79. The number of halogens is 1. The highest BCUT2D eigenvalue weighted by Crippen LogP contribution is 2.21. The summed E-state index contributed by atoms with van der Waals surface area (Å²) in [6.07, 6.45) is 2.61. The maximum Gasteiger partial charge on any atom is 0.268 e. The van der Waals surface area contributed by atoms with Crippen LogP contribution in [0, 0.1) is 18.7 Å². The van der Waals surface area contributed by atoms with Gasteiger partial charge in [0.15, 0.2) is 0 Å². The largest absolute Gasteiger partial charge is 0.370 e. The van der Waals surface area contributed by atoms with Crippen LogP contribution in [-0.2, 0) is 7.05 Å². The zero-order valence-corrected chi connectivity index (χ0v) is 14.3. The van der Waals surface area contributed by atoms with Crippen molar-refractivity contribution < 1.29 is 9.18 Å². The number of benzene rings is 1. The van der Waals surface area contributed by atoms with Gasteiger partial charge in [-0.25, -0.2) is 9.07 Å². The Kier molecular flexibility index (Phi) is 4.83. The first-order chi connectivity index (χ1) is 11.9. The molecule has 7 heteroatoms. The second kappa shape index (κ2) is 7.04. The van der Waals surface area contributed by atoms with Crippen LogP contribution >= 0.6 is 0 Å². The highest BCUT2D eigenvalue weighted by molar-refractivity contribution is 5.95. The van der Waals surface area contributed by atoms with Gasteiger partial charge < -0.3 is 10.2 Å². The van der Waals surface area contributed by atoms with E-state index in [1.807, 2.05) is 0 Å². The van der Waals surface area contributed by atoms with Crippen molar-refractivity contribution in [1.29, 1.82) is 0 Å². The van der Waals surface area contributed by atoms with Crippen LogP contribution in [0.1, 0.15) is 22.3 Å². The minimum atomic E-state index is -0.344. The monoisotopic (exact) mass is 344 g/mol. The summed E-state index contributed by atoms with van der Waals surface area (Å²) >= 11 is 0. The van der Waals surface area contributed by atoms with E-state index in [-0.39, 0.29) is 17.3 Å². The molecule has 1 fully saturated rings. The van der Waals surface area contributed by atoms with E-state index < -0.39 is 0 Å². The van der Waals surface area contributed by atoms with Crippen molar-refractivity contribution in [3.8, 4) is 0 Å². The maximum atomic E-state index is 13.1. The zero-order chi connectivity index (χ0) is 18.0. The zero-order valence-electron chi connectivity index (χ0n) is 14.3. The van der Waals surface area contributed by atoms with E-state index in [0.717, 1.165) is 25.2 Å². The molecule has 0 aliphatic carbocycles. The molecule has 1 aliphatic heterocycles. The number of anilines is 1. The molecule has 0 saturated carbocycles. The predicted octanol–water partition coefficient (Wildman–Crippen LogP) is 1.48. The third-order valence-electron chi connectivity index (χ3n) is 4.59. The third kappa shape index (κ3) is 3.87. The minimum Gasteiger partial charge on any atom is -0.370 e. The lowest BCUT2D eigenvalue weighted by Crippen LogP contribution is -2.31. The van der Waals surface area contributed by atoms with Gasteiger partial charge in [-0.15, -0.1) is 0 Å². The number of nitrogens with zero attached hydrogens (tertiary/aromatic N) is 3. The van der Waals surface area contributed by atoms with E-state index in [1.54, 1.807) is 26.2 Å². The van der Waals surface area contributed by atoms with Crippen LogP contribution in [0.3, 0.4) is 0 Å². The quantitative estimate of drug-likeness (QED) is 0.912. The van der Waals surface area contributed by atoms with Gasteiger partial charge >= 0.3 is 0 Å². The lowest BCUT2D eigenvalue weighted by atomic mass is 10.1. The standard InChI is InChI=1S/C18H21FN4O2/c1-12-7-14(19)3-4-16(12)18(25)20-9-13-5-6-23(11-13)15-8-17(24)22(2)21-10-15/h3-4,7-8,10,13H,5-6,9,11H2,1-2H3,(H,20,25)/t13-/m0/s1. The van der Waals surface area contributed by atoms with E-state index in [1.165, 1.54) is 22.9 Å². The second-order valence-electron chi connectivity index (χ2n) is 6.45. The molecule has 1 atom stereocenters. The molecule has 132 valence electrons. The number of rotatable bonds is 4. The second-order valence-corrected chi connectivity index (χ2v) is 6.45. The molecule has 1 amide bonds. The van der Waals surface area contributed by atoms with Crippen LogP contribution < -0.4 is 15.8 Å². The summed E-state index contributed by atoms with van der Waals surface area (Å²) < 4.78 is 14.4. The summed E-state index contributed by atoms with van der Waals surface area (Å²) in [5.74, 6) is -0.233. The molecule has 1 saturated heterocycles. The molecule has 1 N–H and O–H groups in total. The number of aryl methyl sites for hydroxylation is 2. The van der Waals surface area contributed by atoms with E-state index >= 15 is 0 Å². The normalized spacial score (nSPS) is 16.9. The molecule has 25 heavy (non-hydrogen) atoms. The van der Waals surface area contributed by atoms with Crippen LogP contribution in [0.4, 0.5) is 10.1 Å². The number of carbonyl (C=O) groups excluding carboxylic acids is 1. The molecule has 2 heterocycles. The van der Waals surface area contributed by atoms with Gasteiger partial charge in [0.2, 0.25) is 0 Å². The molecule has 1 aliphatic rings. The Morgan fingerprint density at radius 1 is 1.40 bits per heavy atom. The first kappa shape index (κ1) is 17.1. The lowest BCUT2D eigenvalue weighted by Gasteiger charge is -2.18. The number of amides is 1. The molecule has 6 nitrogen and oxygen atoms in total. The molecule has 3 rings (SSSR count). The maximum absolute atomic E-state index is 13.1. The van der Waals surface area contributed by atoms with Crippen LogP contribution in [-0.4, -0.2) is 35.3 Å². The Balaban J connectivity index is 1.57. The molecule has 0 radical (unpaired) electrons. The Morgan fingerprint density at radius 2 is 2.20 bits per heavy atom. The molecule has 1 aromatic carbocycles. The molecular formula is C18H21FN4O2. The van der Waals surface area contributed by atoms with Gasteiger partial charge in [-0.1, -0.05) is 0 Å². The SMILES string of the molecule is Cc1cc(F)ccc1C(=O)NC[C@@H]1CCN(c2cnn(C)c(=O)c2)C1. The first-order valence-electron chi connectivity index (χ1n) is 8.26. The van der Waals surface area contributed by atoms with E-state index in [2.05, 4.69) is 15.3 Å². The van der Waals surface area contributed by atoms with Gasteiger partial charge in [0.1, 0.15) is 5.82 Å². The molecular weight excluding hydrogens is 323 g/mol. The fourth-order valence-corrected chi connectivity index (χ4v) is 3.08. The van der Waals surface area contributed by atoms with E-state index in [0.29, 0.717) is 23.6 Å². The van der Waals surface area contributed by atoms with Crippen molar-refractivity contribution in [2.75, 3.05) is 24.5 Å². The number of aromatic nitrogens is 2. The molecule has 1 aromatic heterocycles. The predicted molar refractivity (Wildman–Crippen MR) is 93.3 cm³/mol. The summed E-state index contributed by atoms with van der Waals surface area (Å²) in [4.78, 5) is 26.1. The smallest absolute Gasteiger partial charge is 0.268 e. The summed E-state index contributed by atoms with van der Waals surface area (Å²) in [5, 5.41) is 6.97. The number of nitrogens with one attached hydrogen (secondary N) is 1. The Hall–Kier alpha value is -2.70. The molecule has 2 aromatic rings. The van der Waals surface area contributed by atoms with Crippen molar-refractivity contribution in [3.63, 3.8) is 0 Å². The topological polar surface area (TPSA) is 67.2 Å². The highest BCUT2D eigenvalue weighted by Gasteiger charge is 2.24. The molecule has 0 spiro atoms. The number of hydrogen-bond acceptors (Lipinski definition) is 4. The van der Waals surface area contributed by atoms with Gasteiger partial charge in [-0.2, -0.15) is 5.10 Å². The van der Waals surface area contributed by atoms with Gasteiger partial charge in [0, 0.05) is 38.3 Å². The van der Waals surface area contributed by atoms with Crippen molar-refractivity contribution in [3.05, 3.63) is 57.8 Å². The molecule has 0 bridgehead atoms. The van der Waals surface area contributed by atoms with Gasteiger partial charge in [0.25, 0.3) is 11.5 Å². The van der Waals surface area contributed by atoms with Crippen molar-refractivity contribution in [1.82, 2.24) is 15.1 Å². The average Bonchev–Trinajstić information content (AvgIpc) is 3.04. The van der Waals surface area contributed by atoms with Crippen molar-refractivity contribution >= 4 is 11.6 Å². The Labute approximate surface area is 145 Å². The van der Waals surface area contributed by atoms with Crippen LogP contribution in [0.5, 0.6) is 0 Å². The fourth-order valence-electron chi connectivity index (χ4n) is 3.08. The van der Waals surface area contributed by atoms with Crippen LogP contribution in [0.2, 0.25) is 0 Å². The molecule has 0 unspecified atom stereocenters. The Bertz CT molecular complexity index is 849. The highest BCUT2D eigenvalue weighted by atomic mass is 19.1. The number of carbonyl (C=O) groups is 1. The summed E-state index contributed by atoms with van der Waals surface area (Å²) in [7, 11) is 1.62. The van der Waals surface area contributed by atoms with Crippen LogP contribution in [0.25, 0.3) is 0 Å². The summed E-state index contributed by atoms with van der Waals surface area (Å²) in [6.45, 7) is 3.85. The van der Waals surface area contributed by atoms with Gasteiger partial charge in [0.05, 0.1) is 11.9 Å². The van der Waals surface area contributed by atoms with Gasteiger partial charge in [-0.05, 0) is 43.0 Å². The van der Waals surface area contributed by atoms with E-state index in [9.17, 15) is 14.0 Å². The Morgan fingerprint density at radius 3 is 2.92 bits per heavy atom.